The quantitative estimate of drug-likeness (QED) is 0.876. The van der Waals surface area contributed by atoms with Crippen molar-refractivity contribution in [3.05, 3.63) is 24.3 Å². The maximum atomic E-state index is 12.6. The number of benzene rings is 1. The molecular weight excluding hydrogens is 295 g/mol. The standard InChI is InChI=1S/C12H16F3NO3S/c1-8(2)10(7-17)16-9-5-3-4-6-11(9)20(18,19)12(13,14)15/h3-6,8,10,16-17H,7H2,1-2H3. The topological polar surface area (TPSA) is 66.4 Å². The summed E-state index contributed by atoms with van der Waals surface area (Å²) in [6, 6.07) is 4.23. The van der Waals surface area contributed by atoms with Crippen LogP contribution in [-0.2, 0) is 9.84 Å². The SMILES string of the molecule is CC(C)C(CO)Nc1ccccc1S(=O)(=O)C(F)(F)F. The number of hydrogen-bond acceptors (Lipinski definition) is 4. The van der Waals surface area contributed by atoms with E-state index in [1.54, 1.807) is 13.8 Å². The summed E-state index contributed by atoms with van der Waals surface area (Å²) < 4.78 is 60.8. The third kappa shape index (κ3) is 3.43. The Morgan fingerprint density at radius 1 is 1.25 bits per heavy atom. The molecule has 2 N–H and O–H groups in total. The van der Waals surface area contributed by atoms with E-state index in [1.807, 2.05) is 0 Å². The van der Waals surface area contributed by atoms with E-state index in [2.05, 4.69) is 5.32 Å². The Hall–Kier alpha value is -1.28. The average molecular weight is 311 g/mol. The van der Waals surface area contributed by atoms with Gasteiger partial charge in [-0.25, -0.2) is 8.42 Å². The number of rotatable bonds is 5. The van der Waals surface area contributed by atoms with Crippen molar-refractivity contribution in [3.63, 3.8) is 0 Å². The highest BCUT2D eigenvalue weighted by Crippen LogP contribution is 2.34. The maximum absolute atomic E-state index is 12.6. The van der Waals surface area contributed by atoms with Crippen molar-refractivity contribution in [1.82, 2.24) is 0 Å². The number of sulfone groups is 1. The van der Waals surface area contributed by atoms with E-state index in [0.29, 0.717) is 0 Å². The molecule has 4 nitrogen and oxygen atoms in total. The number of anilines is 1. The summed E-state index contributed by atoms with van der Waals surface area (Å²) >= 11 is 0. The van der Waals surface area contributed by atoms with Gasteiger partial charge in [0.1, 0.15) is 0 Å². The summed E-state index contributed by atoms with van der Waals surface area (Å²) in [7, 11) is -5.43. The van der Waals surface area contributed by atoms with Gasteiger partial charge in [-0.2, -0.15) is 13.2 Å². The Morgan fingerprint density at radius 2 is 1.80 bits per heavy atom. The molecule has 20 heavy (non-hydrogen) atoms. The van der Waals surface area contributed by atoms with Gasteiger partial charge in [0, 0.05) is 0 Å². The molecule has 1 atom stereocenters. The molecule has 1 rings (SSSR count). The molecule has 0 heterocycles. The molecule has 0 saturated heterocycles. The van der Waals surface area contributed by atoms with Gasteiger partial charge in [-0.3, -0.25) is 0 Å². The molecule has 0 aliphatic carbocycles. The molecule has 114 valence electrons. The molecular formula is C12H16F3NO3S. The minimum absolute atomic E-state index is 0.0818. The lowest BCUT2D eigenvalue weighted by atomic mass is 10.1. The maximum Gasteiger partial charge on any atom is 0.501 e. The zero-order chi connectivity index (χ0) is 15.6. The van der Waals surface area contributed by atoms with Crippen molar-refractivity contribution in [2.75, 3.05) is 11.9 Å². The van der Waals surface area contributed by atoms with Gasteiger partial charge in [-0.05, 0) is 18.1 Å². The van der Waals surface area contributed by atoms with E-state index in [-0.39, 0.29) is 18.2 Å². The van der Waals surface area contributed by atoms with Crippen LogP contribution in [0.25, 0.3) is 0 Å². The van der Waals surface area contributed by atoms with Crippen LogP contribution >= 0.6 is 0 Å². The summed E-state index contributed by atoms with van der Waals surface area (Å²) in [5.41, 5.74) is -5.53. The first-order chi connectivity index (χ1) is 9.11. The Kier molecular flexibility index (Phi) is 5.04. The Labute approximate surface area is 115 Å². The predicted octanol–water partition coefficient (Wildman–Crippen LogP) is 2.41. The fraction of sp³-hybridized carbons (Fsp3) is 0.500. The minimum Gasteiger partial charge on any atom is -0.394 e. The lowest BCUT2D eigenvalue weighted by molar-refractivity contribution is -0.0435. The molecule has 0 spiro atoms. The lowest BCUT2D eigenvalue weighted by Crippen LogP contribution is -2.31. The molecule has 1 unspecified atom stereocenters. The zero-order valence-corrected chi connectivity index (χ0v) is 11.8. The van der Waals surface area contributed by atoms with E-state index in [1.165, 1.54) is 18.2 Å². The predicted molar refractivity (Wildman–Crippen MR) is 69.0 cm³/mol. The minimum atomic E-state index is -5.43. The fourth-order valence-electron chi connectivity index (χ4n) is 1.57. The summed E-state index contributed by atoms with van der Waals surface area (Å²) in [5, 5.41) is 11.8. The van der Waals surface area contributed by atoms with Crippen LogP contribution < -0.4 is 5.32 Å². The number of hydrogen-bond donors (Lipinski definition) is 2. The largest absolute Gasteiger partial charge is 0.501 e. The summed E-state index contributed by atoms with van der Waals surface area (Å²) in [6.07, 6.45) is 0. The molecule has 0 radical (unpaired) electrons. The number of nitrogens with one attached hydrogen (secondary N) is 1. The van der Waals surface area contributed by atoms with E-state index in [4.69, 9.17) is 0 Å². The van der Waals surface area contributed by atoms with E-state index in [0.717, 1.165) is 6.07 Å². The van der Waals surface area contributed by atoms with E-state index in [9.17, 15) is 26.7 Å². The third-order valence-corrected chi connectivity index (χ3v) is 4.37. The molecule has 1 aromatic rings. The Bertz CT molecular complexity index is 555. The fourth-order valence-corrected chi connectivity index (χ4v) is 2.49. The first-order valence-electron chi connectivity index (χ1n) is 5.89. The van der Waals surface area contributed by atoms with Crippen molar-refractivity contribution in [3.8, 4) is 0 Å². The van der Waals surface area contributed by atoms with Crippen LogP contribution in [0, 0.1) is 5.92 Å². The highest BCUT2D eigenvalue weighted by atomic mass is 32.2. The molecule has 0 aliphatic heterocycles. The number of halogens is 3. The summed E-state index contributed by atoms with van der Waals surface area (Å²) in [4.78, 5) is -0.841. The highest BCUT2D eigenvalue weighted by molar-refractivity contribution is 7.92. The second kappa shape index (κ2) is 6.01. The van der Waals surface area contributed by atoms with Crippen molar-refractivity contribution in [1.29, 1.82) is 0 Å². The normalized spacial score (nSPS) is 14.3. The molecule has 8 heteroatoms. The Balaban J connectivity index is 3.26. The number of aliphatic hydroxyl groups is 1. The van der Waals surface area contributed by atoms with Gasteiger partial charge in [0.2, 0.25) is 0 Å². The van der Waals surface area contributed by atoms with Crippen molar-refractivity contribution >= 4 is 15.5 Å². The van der Waals surface area contributed by atoms with Crippen LogP contribution in [0.1, 0.15) is 13.8 Å². The van der Waals surface area contributed by atoms with Crippen LogP contribution in [0.5, 0.6) is 0 Å². The van der Waals surface area contributed by atoms with Crippen molar-refractivity contribution in [2.45, 2.75) is 30.3 Å². The smallest absolute Gasteiger partial charge is 0.394 e. The van der Waals surface area contributed by atoms with Crippen molar-refractivity contribution < 1.29 is 26.7 Å². The van der Waals surface area contributed by atoms with Crippen LogP contribution in [0.3, 0.4) is 0 Å². The number of alkyl halides is 3. The lowest BCUT2D eigenvalue weighted by Gasteiger charge is -2.23. The monoisotopic (exact) mass is 311 g/mol. The molecule has 0 amide bonds. The van der Waals surface area contributed by atoms with Crippen LogP contribution in [0.15, 0.2) is 29.2 Å². The van der Waals surface area contributed by atoms with Gasteiger partial charge in [0.05, 0.1) is 23.2 Å². The van der Waals surface area contributed by atoms with Gasteiger partial charge in [-0.15, -0.1) is 0 Å². The second-order valence-electron chi connectivity index (χ2n) is 4.62. The van der Waals surface area contributed by atoms with Gasteiger partial charge in [0.25, 0.3) is 9.84 Å². The molecule has 0 fully saturated rings. The number of aliphatic hydroxyl groups excluding tert-OH is 1. The first kappa shape index (κ1) is 16.8. The third-order valence-electron chi connectivity index (χ3n) is 2.82. The molecule has 0 bridgehead atoms. The van der Waals surface area contributed by atoms with Crippen molar-refractivity contribution in [2.24, 2.45) is 5.92 Å². The van der Waals surface area contributed by atoms with Crippen LogP contribution in [-0.4, -0.2) is 31.7 Å². The number of para-hydroxylation sites is 1. The Morgan fingerprint density at radius 3 is 2.25 bits per heavy atom. The van der Waals surface area contributed by atoms with E-state index >= 15 is 0 Å². The molecule has 0 aliphatic rings. The first-order valence-corrected chi connectivity index (χ1v) is 7.37. The summed E-state index contributed by atoms with van der Waals surface area (Å²) in [5.74, 6) is -0.0818. The second-order valence-corrected chi connectivity index (χ2v) is 6.53. The molecule has 1 aromatic carbocycles. The van der Waals surface area contributed by atoms with Crippen LogP contribution in [0.2, 0.25) is 0 Å². The molecule has 0 aromatic heterocycles. The zero-order valence-electron chi connectivity index (χ0n) is 11.0. The van der Waals surface area contributed by atoms with Gasteiger partial charge in [-0.1, -0.05) is 26.0 Å². The van der Waals surface area contributed by atoms with Crippen LogP contribution in [0.4, 0.5) is 18.9 Å². The van der Waals surface area contributed by atoms with E-state index < -0.39 is 26.3 Å². The van der Waals surface area contributed by atoms with Gasteiger partial charge >= 0.3 is 5.51 Å². The average Bonchev–Trinajstić information content (AvgIpc) is 2.34. The highest BCUT2D eigenvalue weighted by Gasteiger charge is 2.48. The van der Waals surface area contributed by atoms with Gasteiger partial charge in [0.15, 0.2) is 0 Å². The van der Waals surface area contributed by atoms with Gasteiger partial charge < -0.3 is 10.4 Å². The molecule has 0 saturated carbocycles. The summed E-state index contributed by atoms with van der Waals surface area (Å²) in [6.45, 7) is 3.20.